The summed E-state index contributed by atoms with van der Waals surface area (Å²) in [5, 5.41) is 2.66. The van der Waals surface area contributed by atoms with E-state index in [1.807, 2.05) is 7.05 Å². The van der Waals surface area contributed by atoms with Crippen LogP contribution in [0.3, 0.4) is 0 Å². The van der Waals surface area contributed by atoms with E-state index in [2.05, 4.69) is 5.32 Å². The second kappa shape index (κ2) is 5.57. The Bertz CT molecular complexity index is 397. The molecule has 6 heteroatoms. The van der Waals surface area contributed by atoms with E-state index in [0.717, 1.165) is 6.42 Å². The zero-order valence-corrected chi connectivity index (χ0v) is 12.3. The Labute approximate surface area is 109 Å². The second-order valence-corrected chi connectivity index (χ2v) is 8.10. The van der Waals surface area contributed by atoms with Crippen LogP contribution in [0.25, 0.3) is 0 Å². The minimum atomic E-state index is -3.39. The summed E-state index contributed by atoms with van der Waals surface area (Å²) < 4.78 is 29.2. The van der Waals surface area contributed by atoms with Gasteiger partial charge in [0.15, 0.2) is 9.84 Å². The maximum absolute atomic E-state index is 12.1. The van der Waals surface area contributed by atoms with Crippen molar-refractivity contribution in [1.29, 1.82) is 0 Å². The maximum Gasteiger partial charge on any atom is 0.321 e. The Kier molecular flexibility index (Phi) is 4.78. The van der Waals surface area contributed by atoms with Crippen molar-refractivity contribution in [3.63, 3.8) is 0 Å². The SMILES string of the molecule is CNC1CCC(S(=O)(=O)CC(=O)OC(C)(C)C)C1. The molecule has 0 spiro atoms. The summed E-state index contributed by atoms with van der Waals surface area (Å²) in [7, 11) is -1.56. The molecule has 0 aromatic heterocycles. The highest BCUT2D eigenvalue weighted by molar-refractivity contribution is 7.92. The summed E-state index contributed by atoms with van der Waals surface area (Å²) >= 11 is 0. The maximum atomic E-state index is 12.1. The summed E-state index contributed by atoms with van der Waals surface area (Å²) in [6.45, 7) is 5.18. The molecule has 0 aliphatic heterocycles. The van der Waals surface area contributed by atoms with Crippen molar-refractivity contribution >= 4 is 15.8 Å². The molecule has 1 saturated carbocycles. The average molecular weight is 277 g/mol. The van der Waals surface area contributed by atoms with Crippen LogP contribution in [0.15, 0.2) is 0 Å². The van der Waals surface area contributed by atoms with Gasteiger partial charge in [0.2, 0.25) is 0 Å². The van der Waals surface area contributed by atoms with Crippen LogP contribution in [-0.2, 0) is 19.4 Å². The normalized spacial score (nSPS) is 25.1. The molecule has 0 aromatic carbocycles. The first kappa shape index (κ1) is 15.4. The lowest BCUT2D eigenvalue weighted by Crippen LogP contribution is -2.33. The van der Waals surface area contributed by atoms with E-state index in [4.69, 9.17) is 4.74 Å². The molecule has 2 atom stereocenters. The van der Waals surface area contributed by atoms with Gasteiger partial charge < -0.3 is 10.1 Å². The molecule has 5 nitrogen and oxygen atoms in total. The number of carbonyl (C=O) groups is 1. The van der Waals surface area contributed by atoms with E-state index in [-0.39, 0.29) is 6.04 Å². The Morgan fingerprint density at radius 2 is 1.94 bits per heavy atom. The van der Waals surface area contributed by atoms with Gasteiger partial charge in [-0.2, -0.15) is 0 Å². The summed E-state index contributed by atoms with van der Waals surface area (Å²) in [5.74, 6) is -1.17. The third kappa shape index (κ3) is 4.57. The summed E-state index contributed by atoms with van der Waals surface area (Å²) in [6.07, 6.45) is 2.05. The lowest BCUT2D eigenvalue weighted by Gasteiger charge is -2.20. The molecule has 1 N–H and O–H groups in total. The molecule has 0 radical (unpaired) electrons. The van der Waals surface area contributed by atoms with E-state index in [1.165, 1.54) is 0 Å². The van der Waals surface area contributed by atoms with Crippen molar-refractivity contribution in [2.24, 2.45) is 0 Å². The summed E-state index contributed by atoms with van der Waals surface area (Å²) in [5.41, 5.74) is -0.643. The van der Waals surface area contributed by atoms with E-state index in [0.29, 0.717) is 12.8 Å². The van der Waals surface area contributed by atoms with Crippen LogP contribution in [0.2, 0.25) is 0 Å². The zero-order valence-electron chi connectivity index (χ0n) is 11.5. The van der Waals surface area contributed by atoms with Crippen molar-refractivity contribution < 1.29 is 17.9 Å². The topological polar surface area (TPSA) is 72.5 Å². The molecule has 2 unspecified atom stereocenters. The Hall–Kier alpha value is -0.620. The van der Waals surface area contributed by atoms with E-state index in [9.17, 15) is 13.2 Å². The molecule has 1 aliphatic rings. The molecular weight excluding hydrogens is 254 g/mol. The first-order valence-corrected chi connectivity index (χ1v) is 7.96. The number of rotatable bonds is 4. The van der Waals surface area contributed by atoms with E-state index in [1.54, 1.807) is 20.8 Å². The summed E-state index contributed by atoms with van der Waals surface area (Å²) in [4.78, 5) is 11.6. The number of hydrogen-bond donors (Lipinski definition) is 1. The second-order valence-electron chi connectivity index (χ2n) is 5.81. The van der Waals surface area contributed by atoms with Gasteiger partial charge in [-0.25, -0.2) is 8.42 Å². The average Bonchev–Trinajstić information content (AvgIpc) is 2.61. The molecule has 1 fully saturated rings. The van der Waals surface area contributed by atoms with Gasteiger partial charge >= 0.3 is 5.97 Å². The molecule has 0 amide bonds. The Balaban J connectivity index is 2.58. The molecule has 0 bridgehead atoms. The molecule has 0 saturated heterocycles. The first-order valence-electron chi connectivity index (χ1n) is 6.25. The Morgan fingerprint density at radius 1 is 1.33 bits per heavy atom. The molecule has 0 heterocycles. The quantitative estimate of drug-likeness (QED) is 0.772. The van der Waals surface area contributed by atoms with E-state index >= 15 is 0 Å². The number of ether oxygens (including phenoxy) is 1. The fourth-order valence-corrected chi connectivity index (χ4v) is 3.83. The lowest BCUT2D eigenvalue weighted by molar-refractivity contribution is -0.151. The van der Waals surface area contributed by atoms with Gasteiger partial charge in [-0.05, 0) is 47.1 Å². The highest BCUT2D eigenvalue weighted by Gasteiger charge is 2.35. The van der Waals surface area contributed by atoms with E-state index < -0.39 is 32.4 Å². The number of hydrogen-bond acceptors (Lipinski definition) is 5. The minimum Gasteiger partial charge on any atom is -0.459 e. The van der Waals surface area contributed by atoms with Gasteiger partial charge in [-0.3, -0.25) is 4.79 Å². The largest absolute Gasteiger partial charge is 0.459 e. The number of carbonyl (C=O) groups excluding carboxylic acids is 1. The van der Waals surface area contributed by atoms with Crippen LogP contribution < -0.4 is 5.32 Å². The minimum absolute atomic E-state index is 0.239. The smallest absolute Gasteiger partial charge is 0.321 e. The number of sulfone groups is 1. The monoisotopic (exact) mass is 277 g/mol. The fraction of sp³-hybridized carbons (Fsp3) is 0.917. The number of nitrogens with one attached hydrogen (secondary N) is 1. The van der Waals surface area contributed by atoms with Crippen LogP contribution in [-0.4, -0.2) is 44.1 Å². The lowest BCUT2D eigenvalue weighted by atomic mass is 10.2. The Morgan fingerprint density at radius 3 is 2.39 bits per heavy atom. The fourth-order valence-electron chi connectivity index (χ4n) is 2.18. The van der Waals surface area contributed by atoms with Crippen molar-refractivity contribution in [2.45, 2.75) is 56.9 Å². The van der Waals surface area contributed by atoms with Gasteiger partial charge in [0.1, 0.15) is 11.4 Å². The van der Waals surface area contributed by atoms with Crippen molar-refractivity contribution in [3.8, 4) is 0 Å². The van der Waals surface area contributed by atoms with Gasteiger partial charge in [0.05, 0.1) is 5.25 Å². The van der Waals surface area contributed by atoms with Crippen LogP contribution in [0.1, 0.15) is 40.0 Å². The third-order valence-corrected chi connectivity index (χ3v) is 5.12. The molecule has 1 aliphatic carbocycles. The molecule has 18 heavy (non-hydrogen) atoms. The van der Waals surface area contributed by atoms with Gasteiger partial charge in [-0.1, -0.05) is 0 Å². The van der Waals surface area contributed by atoms with Crippen molar-refractivity contribution in [3.05, 3.63) is 0 Å². The third-order valence-electron chi connectivity index (χ3n) is 3.04. The van der Waals surface area contributed by atoms with Gasteiger partial charge in [-0.15, -0.1) is 0 Å². The standard InChI is InChI=1S/C12H23NO4S/c1-12(2,3)17-11(14)8-18(15,16)10-6-5-9(7-10)13-4/h9-10,13H,5-8H2,1-4H3. The highest BCUT2D eigenvalue weighted by atomic mass is 32.2. The highest BCUT2D eigenvalue weighted by Crippen LogP contribution is 2.26. The van der Waals surface area contributed by atoms with Crippen LogP contribution in [0.5, 0.6) is 0 Å². The summed E-state index contributed by atoms with van der Waals surface area (Å²) in [6, 6.07) is 0.239. The molecule has 1 rings (SSSR count). The zero-order chi connectivity index (χ0) is 14.0. The predicted molar refractivity (Wildman–Crippen MR) is 70.1 cm³/mol. The van der Waals surface area contributed by atoms with Crippen LogP contribution in [0.4, 0.5) is 0 Å². The first-order chi connectivity index (χ1) is 8.14. The van der Waals surface area contributed by atoms with Crippen LogP contribution in [0, 0.1) is 0 Å². The predicted octanol–water partition coefficient (Wildman–Crippen LogP) is 0.883. The van der Waals surface area contributed by atoms with Gasteiger partial charge in [0, 0.05) is 6.04 Å². The van der Waals surface area contributed by atoms with Crippen molar-refractivity contribution in [1.82, 2.24) is 5.32 Å². The van der Waals surface area contributed by atoms with Crippen LogP contribution >= 0.6 is 0 Å². The molecule has 0 aromatic rings. The molecular formula is C12H23NO4S. The van der Waals surface area contributed by atoms with Gasteiger partial charge in [0.25, 0.3) is 0 Å². The molecule has 106 valence electrons. The number of esters is 1. The van der Waals surface area contributed by atoms with Crippen molar-refractivity contribution in [2.75, 3.05) is 12.8 Å².